The maximum Gasteiger partial charge on any atom is 0.193 e. The van der Waals surface area contributed by atoms with Gasteiger partial charge in [0.15, 0.2) is 5.96 Å². The van der Waals surface area contributed by atoms with E-state index in [1.165, 1.54) is 5.56 Å². The molecule has 0 aliphatic carbocycles. The molecule has 0 aliphatic heterocycles. The normalized spacial score (nSPS) is 10.7. The molecular weight excluding hydrogens is 358 g/mol. The van der Waals surface area contributed by atoms with Gasteiger partial charge in [0.05, 0.1) is 6.54 Å². The molecule has 3 aromatic rings. The number of ether oxygens (including phenoxy) is 1. The number of hydrogen-bond acceptors (Lipinski definition) is 2. The van der Waals surface area contributed by atoms with Crippen molar-refractivity contribution >= 4 is 11.6 Å². The summed E-state index contributed by atoms with van der Waals surface area (Å²) in [6, 6.07) is 26.4. The monoisotopic (exact) mass is 387 g/mol. The van der Waals surface area contributed by atoms with Gasteiger partial charge in [-0.2, -0.15) is 0 Å². The molecule has 3 rings (SSSR count). The van der Waals surface area contributed by atoms with Crippen molar-refractivity contribution in [3.63, 3.8) is 0 Å². The lowest BCUT2D eigenvalue weighted by atomic mass is 10.0. The van der Waals surface area contributed by atoms with Crippen molar-refractivity contribution in [1.29, 1.82) is 5.41 Å². The Morgan fingerprint density at radius 3 is 2.07 bits per heavy atom. The summed E-state index contributed by atoms with van der Waals surface area (Å²) in [5.41, 5.74) is 10.3. The molecule has 3 aromatic carbocycles. The molecule has 0 aromatic heterocycles. The largest absolute Gasteiger partial charge is 0.489 e. The summed E-state index contributed by atoms with van der Waals surface area (Å²) in [5, 5.41) is 7.99. The van der Waals surface area contributed by atoms with Crippen LogP contribution in [0, 0.1) is 11.3 Å². The molecule has 4 nitrogen and oxygen atoms in total. The van der Waals surface area contributed by atoms with Gasteiger partial charge in [0.1, 0.15) is 12.4 Å². The molecule has 0 amide bonds. The van der Waals surface area contributed by atoms with Crippen LogP contribution in [0.5, 0.6) is 5.75 Å². The van der Waals surface area contributed by atoms with E-state index in [0.717, 1.165) is 29.0 Å². The molecule has 0 atom stereocenters. The van der Waals surface area contributed by atoms with E-state index in [4.69, 9.17) is 15.9 Å². The molecule has 0 radical (unpaired) electrons. The number of hydrogen-bond donors (Lipinski definition) is 2. The van der Waals surface area contributed by atoms with E-state index < -0.39 is 0 Å². The second-order valence-electron chi connectivity index (χ2n) is 7.65. The minimum absolute atomic E-state index is 0.0333. The predicted octanol–water partition coefficient (Wildman–Crippen LogP) is 5.36. The van der Waals surface area contributed by atoms with Crippen molar-refractivity contribution in [2.75, 3.05) is 4.90 Å². The van der Waals surface area contributed by atoms with Crippen LogP contribution in [0.15, 0.2) is 78.9 Å². The lowest BCUT2D eigenvalue weighted by Gasteiger charge is -2.23. The van der Waals surface area contributed by atoms with E-state index in [-0.39, 0.29) is 5.96 Å². The molecular formula is C25H29N3O. The Morgan fingerprint density at radius 2 is 1.48 bits per heavy atom. The van der Waals surface area contributed by atoms with Gasteiger partial charge < -0.3 is 15.4 Å². The average Bonchev–Trinajstić information content (AvgIpc) is 2.72. The fraction of sp³-hybridized carbons (Fsp3) is 0.240. The maximum absolute atomic E-state index is 7.99. The summed E-state index contributed by atoms with van der Waals surface area (Å²) in [4.78, 5) is 1.80. The van der Waals surface area contributed by atoms with Crippen molar-refractivity contribution in [3.8, 4) is 5.75 Å². The van der Waals surface area contributed by atoms with E-state index in [9.17, 15) is 0 Å². The number of nitrogens with two attached hydrogens (primary N) is 1. The standard InChI is InChI=1S/C25H29N3O/c1-19(2)16-20-8-12-23(13-9-20)28(25(26)27)17-21-10-14-24(15-11-21)29-18-22-6-4-3-5-7-22/h3-15,19H,16-18H2,1-2H3,(H3,26,27). The first kappa shape index (κ1) is 20.5. The predicted molar refractivity (Wildman–Crippen MR) is 120 cm³/mol. The van der Waals surface area contributed by atoms with Crippen LogP contribution in [-0.4, -0.2) is 5.96 Å². The molecule has 0 fully saturated rings. The van der Waals surface area contributed by atoms with E-state index in [1.807, 2.05) is 66.7 Å². The van der Waals surface area contributed by atoms with Crippen LogP contribution in [0.25, 0.3) is 0 Å². The average molecular weight is 388 g/mol. The first-order valence-corrected chi connectivity index (χ1v) is 9.97. The third-order valence-electron chi connectivity index (χ3n) is 4.70. The van der Waals surface area contributed by atoms with Crippen LogP contribution in [0.3, 0.4) is 0 Å². The quantitative estimate of drug-likeness (QED) is 0.404. The summed E-state index contributed by atoms with van der Waals surface area (Å²) in [6.45, 7) is 5.51. The number of nitrogens with one attached hydrogen (secondary N) is 1. The second-order valence-corrected chi connectivity index (χ2v) is 7.65. The maximum atomic E-state index is 7.99. The lowest BCUT2D eigenvalue weighted by molar-refractivity contribution is 0.306. The molecule has 3 N–H and O–H groups in total. The van der Waals surface area contributed by atoms with Gasteiger partial charge in [-0.05, 0) is 53.3 Å². The smallest absolute Gasteiger partial charge is 0.193 e. The number of rotatable bonds is 8. The molecule has 0 saturated carbocycles. The number of guanidine groups is 1. The van der Waals surface area contributed by atoms with Gasteiger partial charge in [-0.25, -0.2) is 0 Å². The van der Waals surface area contributed by atoms with Crippen LogP contribution in [0.2, 0.25) is 0 Å². The van der Waals surface area contributed by atoms with E-state index in [0.29, 0.717) is 19.1 Å². The SMILES string of the molecule is CC(C)Cc1ccc(N(Cc2ccc(OCc3ccccc3)cc2)C(=N)N)cc1. The number of benzene rings is 3. The Hall–Kier alpha value is -3.27. The third-order valence-corrected chi connectivity index (χ3v) is 4.70. The highest BCUT2D eigenvalue weighted by Crippen LogP contribution is 2.21. The molecule has 4 heteroatoms. The zero-order chi connectivity index (χ0) is 20.6. The molecule has 0 unspecified atom stereocenters. The Morgan fingerprint density at radius 1 is 0.862 bits per heavy atom. The molecule has 0 saturated heterocycles. The lowest BCUT2D eigenvalue weighted by Crippen LogP contribution is -2.35. The fourth-order valence-electron chi connectivity index (χ4n) is 3.21. The number of nitrogens with zero attached hydrogens (tertiary/aromatic N) is 1. The zero-order valence-electron chi connectivity index (χ0n) is 17.1. The highest BCUT2D eigenvalue weighted by molar-refractivity contribution is 5.92. The highest BCUT2D eigenvalue weighted by Gasteiger charge is 2.11. The first-order valence-electron chi connectivity index (χ1n) is 9.97. The summed E-state index contributed by atoms with van der Waals surface area (Å²) in [7, 11) is 0. The molecule has 0 spiro atoms. The summed E-state index contributed by atoms with van der Waals surface area (Å²) < 4.78 is 5.85. The summed E-state index contributed by atoms with van der Waals surface area (Å²) in [5.74, 6) is 1.48. The van der Waals surface area contributed by atoms with Crippen LogP contribution < -0.4 is 15.4 Å². The van der Waals surface area contributed by atoms with Gasteiger partial charge in [-0.3, -0.25) is 5.41 Å². The molecule has 0 aliphatic rings. The van der Waals surface area contributed by atoms with Gasteiger partial charge in [0, 0.05) is 5.69 Å². The number of anilines is 1. The highest BCUT2D eigenvalue weighted by atomic mass is 16.5. The minimum atomic E-state index is 0.0333. The van der Waals surface area contributed by atoms with E-state index in [2.05, 4.69) is 26.0 Å². The van der Waals surface area contributed by atoms with Gasteiger partial charge in [-0.1, -0.05) is 68.4 Å². The van der Waals surface area contributed by atoms with Gasteiger partial charge in [0.25, 0.3) is 0 Å². The van der Waals surface area contributed by atoms with Crippen molar-refractivity contribution in [3.05, 3.63) is 95.6 Å². The summed E-state index contributed by atoms with van der Waals surface area (Å²) in [6.07, 6.45) is 1.05. The Kier molecular flexibility index (Phi) is 6.90. The van der Waals surface area contributed by atoms with Crippen LogP contribution >= 0.6 is 0 Å². The first-order chi connectivity index (χ1) is 14.0. The molecule has 150 valence electrons. The van der Waals surface area contributed by atoms with Crippen LogP contribution in [0.1, 0.15) is 30.5 Å². The van der Waals surface area contributed by atoms with Crippen LogP contribution in [0.4, 0.5) is 5.69 Å². The van der Waals surface area contributed by atoms with E-state index in [1.54, 1.807) is 4.90 Å². The molecule has 0 heterocycles. The van der Waals surface area contributed by atoms with E-state index >= 15 is 0 Å². The van der Waals surface area contributed by atoms with Gasteiger partial charge in [-0.15, -0.1) is 0 Å². The Balaban J connectivity index is 1.63. The van der Waals surface area contributed by atoms with Crippen molar-refractivity contribution in [2.24, 2.45) is 11.7 Å². The van der Waals surface area contributed by atoms with Gasteiger partial charge >= 0.3 is 0 Å². The zero-order valence-corrected chi connectivity index (χ0v) is 17.1. The minimum Gasteiger partial charge on any atom is -0.489 e. The summed E-state index contributed by atoms with van der Waals surface area (Å²) >= 11 is 0. The van der Waals surface area contributed by atoms with Crippen molar-refractivity contribution < 1.29 is 4.74 Å². The topological polar surface area (TPSA) is 62.3 Å². The molecule has 0 bridgehead atoms. The van der Waals surface area contributed by atoms with Crippen molar-refractivity contribution in [1.82, 2.24) is 0 Å². The van der Waals surface area contributed by atoms with Crippen LogP contribution in [-0.2, 0) is 19.6 Å². The van der Waals surface area contributed by atoms with Gasteiger partial charge in [0.2, 0.25) is 0 Å². The Bertz CT molecular complexity index is 903. The molecule has 29 heavy (non-hydrogen) atoms. The second kappa shape index (κ2) is 9.78. The fourth-order valence-corrected chi connectivity index (χ4v) is 3.21. The van der Waals surface area contributed by atoms with Crippen molar-refractivity contribution in [2.45, 2.75) is 33.4 Å². The Labute approximate surface area is 173 Å². The third kappa shape index (κ3) is 6.11.